The number of halogens is 3. The number of aromatic nitrogens is 2. The molecular weight excluding hydrogens is 567 g/mol. The third-order valence-corrected chi connectivity index (χ3v) is 8.67. The summed E-state index contributed by atoms with van der Waals surface area (Å²) in [5.41, 5.74) is 10.3. The van der Waals surface area contributed by atoms with Crippen molar-refractivity contribution in [1.82, 2.24) is 19.2 Å². The van der Waals surface area contributed by atoms with Gasteiger partial charge in [0, 0.05) is 54.5 Å². The number of primary amides is 1. The third-order valence-electron chi connectivity index (χ3n) is 6.84. The van der Waals surface area contributed by atoms with Crippen LogP contribution in [-0.2, 0) is 16.1 Å². The second kappa shape index (κ2) is 13.3. The van der Waals surface area contributed by atoms with Crippen molar-refractivity contribution in [1.29, 1.82) is 0 Å². The lowest BCUT2D eigenvalue weighted by molar-refractivity contribution is -0.192. The van der Waals surface area contributed by atoms with Crippen molar-refractivity contribution in [3.8, 4) is 11.3 Å². The molecule has 0 radical (unpaired) electrons. The van der Waals surface area contributed by atoms with Crippen molar-refractivity contribution >= 4 is 46.1 Å². The molecule has 14 heteroatoms. The summed E-state index contributed by atoms with van der Waals surface area (Å²) >= 11 is 3.59. The molecule has 2 aliphatic heterocycles. The number of nitrogens with two attached hydrogens (primary N) is 1. The Morgan fingerprint density at radius 2 is 1.90 bits per heavy atom. The molecule has 2 aliphatic rings. The van der Waals surface area contributed by atoms with E-state index < -0.39 is 18.1 Å². The van der Waals surface area contributed by atoms with E-state index in [-0.39, 0.29) is 0 Å². The van der Waals surface area contributed by atoms with Crippen LogP contribution in [0.2, 0.25) is 0 Å². The lowest BCUT2D eigenvalue weighted by atomic mass is 9.89. The van der Waals surface area contributed by atoms with Crippen LogP contribution in [0.1, 0.15) is 46.6 Å². The van der Waals surface area contributed by atoms with E-state index in [1.54, 1.807) is 11.3 Å². The Morgan fingerprint density at radius 1 is 1.23 bits per heavy atom. The number of carbonyl (C=O) groups excluding carboxylic acids is 1. The SMILES string of the molecule is CCSN1CCC(c2c[nH]c3c(C(N)=O)cc(-c4csc(CN5CCOCC5)n4)cc23)CC1.O=C(O)C(F)(F)F. The molecule has 4 N–H and O–H groups in total. The van der Waals surface area contributed by atoms with Crippen molar-refractivity contribution in [3.63, 3.8) is 0 Å². The first-order valence-corrected chi connectivity index (χ1v) is 14.8. The van der Waals surface area contributed by atoms with Crippen LogP contribution in [0.25, 0.3) is 22.2 Å². The first-order valence-electron chi connectivity index (χ1n) is 12.9. The number of carbonyl (C=O) groups is 2. The number of carboxylic acid groups (broad SMARTS) is 1. The van der Waals surface area contributed by atoms with Crippen LogP contribution in [0.15, 0.2) is 23.7 Å². The van der Waals surface area contributed by atoms with Crippen LogP contribution in [0, 0.1) is 0 Å². The smallest absolute Gasteiger partial charge is 0.475 e. The topological polar surface area (TPSA) is 125 Å². The number of alkyl halides is 3. The second-order valence-corrected chi connectivity index (χ2v) is 11.8. The molecule has 9 nitrogen and oxygen atoms in total. The molecule has 1 amide bonds. The lowest BCUT2D eigenvalue weighted by Crippen LogP contribution is -2.35. The van der Waals surface area contributed by atoms with Crippen LogP contribution in [0.5, 0.6) is 0 Å². The summed E-state index contributed by atoms with van der Waals surface area (Å²) in [6.07, 6.45) is -0.758. The maximum atomic E-state index is 12.3. The van der Waals surface area contributed by atoms with Gasteiger partial charge in [-0.1, -0.05) is 18.9 Å². The number of thiazole rings is 1. The Labute approximate surface area is 238 Å². The Bertz CT molecular complexity index is 1320. The van der Waals surface area contributed by atoms with E-state index in [1.807, 2.05) is 18.0 Å². The second-order valence-electron chi connectivity index (χ2n) is 9.49. The molecule has 0 atom stereocenters. The van der Waals surface area contributed by atoms with Gasteiger partial charge in [-0.2, -0.15) is 13.2 Å². The number of fused-ring (bicyclic) bond motifs is 1. The molecule has 4 heterocycles. The van der Waals surface area contributed by atoms with E-state index in [2.05, 4.69) is 38.8 Å². The van der Waals surface area contributed by atoms with Gasteiger partial charge in [0.1, 0.15) is 5.01 Å². The summed E-state index contributed by atoms with van der Waals surface area (Å²) in [6.45, 7) is 8.66. The van der Waals surface area contributed by atoms with E-state index in [0.29, 0.717) is 11.5 Å². The zero-order valence-corrected chi connectivity index (χ0v) is 23.6. The molecule has 218 valence electrons. The molecule has 0 unspecified atom stereocenters. The van der Waals surface area contributed by atoms with Crippen LogP contribution in [0.3, 0.4) is 0 Å². The van der Waals surface area contributed by atoms with E-state index in [0.717, 1.165) is 91.7 Å². The quantitative estimate of drug-likeness (QED) is 0.334. The summed E-state index contributed by atoms with van der Waals surface area (Å²) in [6, 6.07) is 4.08. The monoisotopic (exact) mass is 599 g/mol. The number of carboxylic acids is 1. The highest BCUT2D eigenvalue weighted by Gasteiger charge is 2.38. The fraction of sp³-hybridized carbons (Fsp3) is 0.500. The van der Waals surface area contributed by atoms with Gasteiger partial charge in [-0.05, 0) is 36.5 Å². The number of rotatable bonds is 7. The van der Waals surface area contributed by atoms with Gasteiger partial charge < -0.3 is 20.6 Å². The standard InChI is InChI=1S/C24H31N5O2S2.C2HF3O2/c1-2-33-29-5-3-16(4-6-29)20-13-26-23-18(20)11-17(12-19(23)24(25)30)21-15-32-22(27-21)14-28-7-9-31-10-8-28;3-2(4,5)1(6)7/h11-13,15-16,26H,2-10,14H2,1H3,(H2,25,30);(H,6,7). The molecule has 5 rings (SSSR count). The fourth-order valence-corrected chi connectivity index (χ4v) is 6.56. The number of H-pyrrole nitrogens is 1. The molecule has 2 fully saturated rings. The van der Waals surface area contributed by atoms with Crippen LogP contribution >= 0.6 is 23.3 Å². The number of ether oxygens (including phenoxy) is 1. The van der Waals surface area contributed by atoms with Gasteiger partial charge in [0.15, 0.2) is 0 Å². The molecule has 0 saturated carbocycles. The van der Waals surface area contributed by atoms with E-state index in [4.69, 9.17) is 25.4 Å². The van der Waals surface area contributed by atoms with Gasteiger partial charge in [-0.15, -0.1) is 11.3 Å². The maximum absolute atomic E-state index is 12.3. The highest BCUT2D eigenvalue weighted by Crippen LogP contribution is 2.38. The summed E-state index contributed by atoms with van der Waals surface area (Å²) in [4.78, 5) is 31.8. The number of aliphatic carboxylic acids is 1. The predicted molar refractivity (Wildman–Crippen MR) is 149 cm³/mol. The first-order chi connectivity index (χ1) is 19.1. The number of morpholine rings is 1. The molecule has 0 bridgehead atoms. The number of hydrogen-bond donors (Lipinski definition) is 3. The van der Waals surface area contributed by atoms with Crippen molar-refractivity contribution in [2.45, 2.75) is 38.4 Å². The summed E-state index contributed by atoms with van der Waals surface area (Å²) < 4.78 is 39.7. The van der Waals surface area contributed by atoms with Crippen molar-refractivity contribution < 1.29 is 32.6 Å². The average Bonchev–Trinajstić information content (AvgIpc) is 3.56. The van der Waals surface area contributed by atoms with Gasteiger partial charge >= 0.3 is 12.1 Å². The number of benzene rings is 1. The zero-order chi connectivity index (χ0) is 28.9. The Morgan fingerprint density at radius 3 is 2.50 bits per heavy atom. The van der Waals surface area contributed by atoms with E-state index in [9.17, 15) is 18.0 Å². The lowest BCUT2D eigenvalue weighted by Gasteiger charge is -2.30. The Balaban J connectivity index is 0.000000470. The zero-order valence-electron chi connectivity index (χ0n) is 22.0. The summed E-state index contributed by atoms with van der Waals surface area (Å²) in [7, 11) is 0. The normalized spacial score (nSPS) is 17.5. The maximum Gasteiger partial charge on any atom is 0.490 e. The molecule has 1 aromatic carbocycles. The van der Waals surface area contributed by atoms with E-state index in [1.165, 1.54) is 5.56 Å². The van der Waals surface area contributed by atoms with E-state index >= 15 is 0 Å². The number of nitrogens with one attached hydrogen (secondary N) is 1. The number of amides is 1. The Hall–Kier alpha value is -2.65. The van der Waals surface area contributed by atoms with Crippen LogP contribution < -0.4 is 5.73 Å². The van der Waals surface area contributed by atoms with Gasteiger partial charge in [-0.25, -0.2) is 9.78 Å². The number of piperidine rings is 1. The molecule has 0 spiro atoms. The van der Waals surface area contributed by atoms with Crippen molar-refractivity contribution in [3.05, 3.63) is 39.8 Å². The fourth-order valence-electron chi connectivity index (χ4n) is 4.88. The van der Waals surface area contributed by atoms with Gasteiger partial charge in [-0.3, -0.25) is 14.0 Å². The minimum absolute atomic E-state index is 0.409. The van der Waals surface area contributed by atoms with Gasteiger partial charge in [0.2, 0.25) is 0 Å². The molecule has 3 aromatic rings. The molecule has 40 heavy (non-hydrogen) atoms. The predicted octanol–water partition coefficient (Wildman–Crippen LogP) is 4.70. The largest absolute Gasteiger partial charge is 0.490 e. The first kappa shape index (κ1) is 30.3. The molecule has 2 saturated heterocycles. The van der Waals surface area contributed by atoms with Gasteiger partial charge in [0.05, 0.1) is 36.5 Å². The number of nitrogens with zero attached hydrogens (tertiary/aromatic N) is 3. The highest BCUT2D eigenvalue weighted by atomic mass is 32.2. The summed E-state index contributed by atoms with van der Waals surface area (Å²) in [5.74, 6) is -1.57. The van der Waals surface area contributed by atoms with Crippen molar-refractivity contribution in [2.75, 3.05) is 45.1 Å². The molecule has 2 aromatic heterocycles. The third kappa shape index (κ3) is 7.55. The summed E-state index contributed by atoms with van der Waals surface area (Å²) in [5, 5.41) is 11.4. The number of hydrogen-bond acceptors (Lipinski definition) is 8. The highest BCUT2D eigenvalue weighted by molar-refractivity contribution is 7.96. The minimum atomic E-state index is -5.08. The van der Waals surface area contributed by atoms with Crippen LogP contribution in [-0.4, -0.2) is 87.5 Å². The Kier molecular flexibility index (Phi) is 10.1. The molecule has 0 aliphatic carbocycles. The van der Waals surface area contributed by atoms with Crippen molar-refractivity contribution in [2.24, 2.45) is 5.73 Å². The number of aromatic amines is 1. The average molecular weight is 600 g/mol. The minimum Gasteiger partial charge on any atom is -0.475 e. The van der Waals surface area contributed by atoms with Gasteiger partial charge in [0.25, 0.3) is 5.91 Å². The van der Waals surface area contributed by atoms with Crippen LogP contribution in [0.4, 0.5) is 13.2 Å². The molecular formula is C26H32F3N5O4S2.